The Morgan fingerprint density at radius 2 is 1.96 bits per heavy atom. The highest BCUT2D eigenvalue weighted by molar-refractivity contribution is 5.93. The Morgan fingerprint density at radius 3 is 2.63 bits per heavy atom. The third-order valence-electron chi connectivity index (χ3n) is 5.22. The number of nitrogens with one attached hydrogen (secondary N) is 1. The third kappa shape index (κ3) is 4.09. The van der Waals surface area contributed by atoms with Crippen LogP contribution in [-0.2, 0) is 4.74 Å². The Bertz CT molecular complexity index is 838. The van der Waals surface area contributed by atoms with Gasteiger partial charge in [0.1, 0.15) is 11.4 Å². The minimum atomic E-state index is -0.393. The van der Waals surface area contributed by atoms with E-state index in [1.165, 1.54) is 6.20 Å². The van der Waals surface area contributed by atoms with E-state index in [2.05, 4.69) is 14.9 Å². The molecule has 27 heavy (non-hydrogen) atoms. The summed E-state index contributed by atoms with van der Waals surface area (Å²) in [6.45, 7) is 4.63. The van der Waals surface area contributed by atoms with Gasteiger partial charge in [-0.05, 0) is 12.8 Å². The van der Waals surface area contributed by atoms with Crippen molar-refractivity contribution in [3.8, 4) is 11.4 Å². The molecule has 2 aliphatic heterocycles. The number of H-pyrrole nitrogens is 1. The molecule has 0 aliphatic carbocycles. The summed E-state index contributed by atoms with van der Waals surface area (Å²) >= 11 is 0. The number of nitrogens with zero attached hydrogens (tertiary/aromatic N) is 3. The molecule has 2 saturated heterocycles. The van der Waals surface area contributed by atoms with Crippen molar-refractivity contribution in [2.45, 2.75) is 18.9 Å². The molecule has 2 aromatic rings. The van der Waals surface area contributed by atoms with Crippen LogP contribution in [0.15, 0.2) is 41.3 Å². The fourth-order valence-corrected chi connectivity index (χ4v) is 3.67. The summed E-state index contributed by atoms with van der Waals surface area (Å²) in [4.78, 5) is 36.2. The van der Waals surface area contributed by atoms with Gasteiger partial charge in [-0.15, -0.1) is 0 Å². The predicted octanol–water partition coefficient (Wildman–Crippen LogP) is 1.37. The lowest BCUT2D eigenvalue weighted by Crippen LogP contribution is -2.51. The second-order valence-electron chi connectivity index (χ2n) is 7.07. The molecule has 1 N–H and O–H groups in total. The number of carbonyl (C=O) groups is 1. The van der Waals surface area contributed by atoms with E-state index in [0.717, 1.165) is 44.6 Å². The zero-order valence-electron chi connectivity index (χ0n) is 15.3. The van der Waals surface area contributed by atoms with Gasteiger partial charge in [0.05, 0.1) is 6.10 Å². The van der Waals surface area contributed by atoms with E-state index < -0.39 is 5.56 Å². The summed E-state index contributed by atoms with van der Waals surface area (Å²) in [7, 11) is 0. The number of amides is 1. The number of piperazine rings is 1. The molecular weight excluding hydrogens is 344 g/mol. The molecule has 0 spiro atoms. The van der Waals surface area contributed by atoms with E-state index in [9.17, 15) is 9.59 Å². The second-order valence-corrected chi connectivity index (χ2v) is 7.07. The topological polar surface area (TPSA) is 78.5 Å². The van der Waals surface area contributed by atoms with Gasteiger partial charge in [-0.1, -0.05) is 30.3 Å². The van der Waals surface area contributed by atoms with Crippen LogP contribution in [0.5, 0.6) is 0 Å². The van der Waals surface area contributed by atoms with Gasteiger partial charge in [-0.25, -0.2) is 4.98 Å². The van der Waals surface area contributed by atoms with Crippen LogP contribution in [0.4, 0.5) is 0 Å². The first-order valence-corrected chi connectivity index (χ1v) is 9.49. The highest BCUT2D eigenvalue weighted by atomic mass is 16.5. The van der Waals surface area contributed by atoms with Crippen molar-refractivity contribution in [2.75, 3.05) is 39.3 Å². The Morgan fingerprint density at radius 1 is 1.19 bits per heavy atom. The van der Waals surface area contributed by atoms with Crippen molar-refractivity contribution < 1.29 is 9.53 Å². The molecule has 142 valence electrons. The lowest BCUT2D eigenvalue weighted by Gasteiger charge is -2.35. The van der Waals surface area contributed by atoms with Crippen LogP contribution in [0.3, 0.4) is 0 Å². The van der Waals surface area contributed by atoms with E-state index in [4.69, 9.17) is 4.74 Å². The highest BCUT2D eigenvalue weighted by Crippen LogP contribution is 2.15. The van der Waals surface area contributed by atoms with E-state index in [0.29, 0.717) is 25.0 Å². The number of rotatable bonds is 4. The average molecular weight is 368 g/mol. The number of benzene rings is 1. The van der Waals surface area contributed by atoms with Crippen molar-refractivity contribution in [3.05, 3.63) is 52.4 Å². The van der Waals surface area contributed by atoms with Crippen LogP contribution >= 0.6 is 0 Å². The first-order valence-electron chi connectivity index (χ1n) is 9.49. The minimum Gasteiger partial charge on any atom is -0.377 e. The standard InChI is InChI=1S/C20H24N4O3/c25-19-17(13-21-18(22-19)15-5-2-1-3-6-15)20(26)24-10-8-23(9-11-24)14-16-7-4-12-27-16/h1-3,5-6,13,16H,4,7-12,14H2,(H,21,22,25). The molecular formula is C20H24N4O3. The van der Waals surface area contributed by atoms with Crippen LogP contribution in [0.25, 0.3) is 11.4 Å². The van der Waals surface area contributed by atoms with Gasteiger partial charge in [0.15, 0.2) is 0 Å². The summed E-state index contributed by atoms with van der Waals surface area (Å²) in [6, 6.07) is 9.40. The average Bonchev–Trinajstić information content (AvgIpc) is 3.22. The molecule has 0 radical (unpaired) electrons. The maximum Gasteiger partial charge on any atom is 0.264 e. The fourth-order valence-electron chi connectivity index (χ4n) is 3.67. The Hall–Kier alpha value is -2.51. The normalized spacial score (nSPS) is 20.7. The van der Waals surface area contributed by atoms with Crippen molar-refractivity contribution in [1.82, 2.24) is 19.8 Å². The minimum absolute atomic E-state index is 0.0993. The number of hydrogen-bond donors (Lipinski definition) is 1. The molecule has 0 bridgehead atoms. The molecule has 2 aliphatic rings. The summed E-state index contributed by atoms with van der Waals surface area (Å²) < 4.78 is 5.69. The predicted molar refractivity (Wildman–Crippen MR) is 102 cm³/mol. The first-order chi connectivity index (χ1) is 13.2. The van der Waals surface area contributed by atoms with Crippen molar-refractivity contribution >= 4 is 5.91 Å². The molecule has 1 aromatic carbocycles. The van der Waals surface area contributed by atoms with Gasteiger partial charge in [0, 0.05) is 51.1 Å². The number of ether oxygens (including phenoxy) is 1. The Balaban J connectivity index is 1.39. The maximum atomic E-state index is 12.7. The summed E-state index contributed by atoms with van der Waals surface area (Å²) in [6.07, 6.45) is 3.97. The molecule has 4 rings (SSSR count). The zero-order valence-corrected chi connectivity index (χ0v) is 15.3. The van der Waals surface area contributed by atoms with E-state index >= 15 is 0 Å². The van der Waals surface area contributed by atoms with Gasteiger partial charge in [-0.3, -0.25) is 14.5 Å². The monoisotopic (exact) mass is 368 g/mol. The molecule has 1 unspecified atom stereocenters. The molecule has 3 heterocycles. The Labute approximate surface area is 158 Å². The van der Waals surface area contributed by atoms with Gasteiger partial charge < -0.3 is 14.6 Å². The summed E-state index contributed by atoms with van der Waals surface area (Å²) in [5, 5.41) is 0. The molecule has 1 atom stereocenters. The summed E-state index contributed by atoms with van der Waals surface area (Å²) in [5.74, 6) is 0.221. The molecule has 7 heteroatoms. The molecule has 7 nitrogen and oxygen atoms in total. The van der Waals surface area contributed by atoms with Crippen LogP contribution in [0.1, 0.15) is 23.2 Å². The highest BCUT2D eigenvalue weighted by Gasteiger charge is 2.26. The Kier molecular flexibility index (Phi) is 5.31. The molecule has 1 amide bonds. The number of carbonyl (C=O) groups excluding carboxylic acids is 1. The van der Waals surface area contributed by atoms with Gasteiger partial charge in [0.2, 0.25) is 0 Å². The van der Waals surface area contributed by atoms with Crippen LogP contribution < -0.4 is 5.56 Å². The van der Waals surface area contributed by atoms with E-state index in [1.807, 2.05) is 30.3 Å². The zero-order chi connectivity index (χ0) is 18.6. The quantitative estimate of drug-likeness (QED) is 0.882. The van der Waals surface area contributed by atoms with Crippen molar-refractivity contribution in [3.63, 3.8) is 0 Å². The van der Waals surface area contributed by atoms with Gasteiger partial charge in [0.25, 0.3) is 11.5 Å². The van der Waals surface area contributed by atoms with Crippen molar-refractivity contribution in [1.29, 1.82) is 0 Å². The smallest absolute Gasteiger partial charge is 0.264 e. The number of aromatic nitrogens is 2. The van der Waals surface area contributed by atoms with Gasteiger partial charge >= 0.3 is 0 Å². The lowest BCUT2D eigenvalue weighted by molar-refractivity contribution is 0.0431. The SMILES string of the molecule is O=C(c1cnc(-c2ccccc2)[nH]c1=O)N1CCN(CC2CCCO2)CC1. The molecule has 1 aromatic heterocycles. The van der Waals surface area contributed by atoms with Crippen molar-refractivity contribution in [2.24, 2.45) is 0 Å². The van der Waals surface area contributed by atoms with Crippen LogP contribution in [-0.4, -0.2) is 71.1 Å². The van der Waals surface area contributed by atoms with E-state index in [-0.39, 0.29) is 11.5 Å². The number of hydrogen-bond acceptors (Lipinski definition) is 5. The van der Waals surface area contributed by atoms with Gasteiger partial charge in [-0.2, -0.15) is 0 Å². The van der Waals surface area contributed by atoms with Crippen LogP contribution in [0.2, 0.25) is 0 Å². The lowest BCUT2D eigenvalue weighted by atomic mass is 10.2. The third-order valence-corrected chi connectivity index (χ3v) is 5.22. The maximum absolute atomic E-state index is 12.7. The van der Waals surface area contributed by atoms with Crippen LogP contribution in [0, 0.1) is 0 Å². The second kappa shape index (κ2) is 8.02. The largest absolute Gasteiger partial charge is 0.377 e. The fraction of sp³-hybridized carbons (Fsp3) is 0.450. The van der Waals surface area contributed by atoms with E-state index in [1.54, 1.807) is 4.90 Å². The first kappa shape index (κ1) is 17.9. The molecule has 2 fully saturated rings. The number of aromatic amines is 1. The summed E-state index contributed by atoms with van der Waals surface area (Å²) in [5.41, 5.74) is 0.522. The molecule has 0 saturated carbocycles.